The number of ether oxygens (including phenoxy) is 1. The largest absolute Gasteiger partial charge is 0.465 e. The Bertz CT molecular complexity index is 634. The smallest absolute Gasteiger partial charge is 0.327 e. The summed E-state index contributed by atoms with van der Waals surface area (Å²) in [5.41, 5.74) is 7.67. The third kappa shape index (κ3) is 2.53. The van der Waals surface area contributed by atoms with Crippen LogP contribution in [-0.2, 0) is 9.53 Å². The molecule has 0 saturated heterocycles. The van der Waals surface area contributed by atoms with E-state index in [-0.39, 0.29) is 6.04 Å². The Balaban J connectivity index is 2.60. The summed E-state index contributed by atoms with van der Waals surface area (Å²) in [7, 11) is 0. The second-order valence-corrected chi connectivity index (χ2v) is 5.36. The minimum Gasteiger partial charge on any atom is -0.465 e. The zero-order valence-electron chi connectivity index (χ0n) is 11.9. The summed E-state index contributed by atoms with van der Waals surface area (Å²) in [4.78, 5) is 11.9. The fourth-order valence-electron chi connectivity index (χ4n) is 2.31. The third-order valence-corrected chi connectivity index (χ3v) is 3.57. The molecule has 0 aliphatic carbocycles. The van der Waals surface area contributed by atoms with Gasteiger partial charge in [-0.25, -0.2) is 4.79 Å². The number of benzene rings is 1. The van der Waals surface area contributed by atoms with Gasteiger partial charge in [-0.1, -0.05) is 23.7 Å². The molecule has 0 fully saturated rings. The lowest BCUT2D eigenvalue weighted by Crippen LogP contribution is -2.23. The summed E-state index contributed by atoms with van der Waals surface area (Å²) in [6.45, 7) is 6.19. The van der Waals surface area contributed by atoms with E-state index in [0.29, 0.717) is 11.6 Å². The van der Waals surface area contributed by atoms with Crippen LogP contribution in [0.15, 0.2) is 24.4 Å². The number of aromatic nitrogens is 1. The molecule has 0 radical (unpaired) electrons. The van der Waals surface area contributed by atoms with Crippen LogP contribution in [0.5, 0.6) is 0 Å². The van der Waals surface area contributed by atoms with Gasteiger partial charge >= 0.3 is 5.97 Å². The molecule has 0 aliphatic heterocycles. The summed E-state index contributed by atoms with van der Waals surface area (Å²) in [5, 5.41) is 1.55. The van der Waals surface area contributed by atoms with E-state index in [9.17, 15) is 4.79 Å². The summed E-state index contributed by atoms with van der Waals surface area (Å²) < 4.78 is 7.03. The van der Waals surface area contributed by atoms with Gasteiger partial charge in [-0.15, -0.1) is 0 Å². The molecule has 1 atom stereocenters. The lowest BCUT2D eigenvalue weighted by molar-refractivity contribution is -0.144. The van der Waals surface area contributed by atoms with Crippen molar-refractivity contribution in [3.05, 3.63) is 35.0 Å². The van der Waals surface area contributed by atoms with Crippen molar-refractivity contribution in [1.82, 2.24) is 4.57 Å². The highest BCUT2D eigenvalue weighted by atomic mass is 35.5. The molecule has 2 rings (SSSR count). The first-order valence-electron chi connectivity index (χ1n) is 6.68. The molecule has 0 saturated carbocycles. The maximum Gasteiger partial charge on any atom is 0.327 e. The predicted molar refractivity (Wildman–Crippen MR) is 80.9 cm³/mol. The number of halogens is 1. The van der Waals surface area contributed by atoms with Gasteiger partial charge in [0.2, 0.25) is 0 Å². The van der Waals surface area contributed by atoms with Crippen molar-refractivity contribution in [2.75, 3.05) is 6.61 Å². The molecule has 108 valence electrons. The van der Waals surface area contributed by atoms with Crippen LogP contribution in [0.1, 0.15) is 38.4 Å². The second-order valence-electron chi connectivity index (χ2n) is 4.95. The molecule has 0 amide bonds. The molecule has 0 spiro atoms. The van der Waals surface area contributed by atoms with Crippen molar-refractivity contribution >= 4 is 28.5 Å². The van der Waals surface area contributed by atoms with Crippen molar-refractivity contribution in [2.45, 2.75) is 32.9 Å². The summed E-state index contributed by atoms with van der Waals surface area (Å²) >= 11 is 6.29. The minimum absolute atomic E-state index is 0.223. The normalized spacial score (nSPS) is 12.9. The zero-order chi connectivity index (χ0) is 14.9. The van der Waals surface area contributed by atoms with Gasteiger partial charge in [0.15, 0.2) is 0 Å². The number of rotatable bonds is 4. The molecule has 0 aliphatic rings. The van der Waals surface area contributed by atoms with Gasteiger partial charge in [0.05, 0.1) is 17.1 Å². The molecular formula is C15H19ClN2O2. The SMILES string of the molecule is CCOC(=O)C(N)c1cn(C(C)C)c2c(Cl)cccc12. The maximum atomic E-state index is 11.9. The molecule has 20 heavy (non-hydrogen) atoms. The van der Waals surface area contributed by atoms with E-state index >= 15 is 0 Å². The van der Waals surface area contributed by atoms with Gasteiger partial charge in [0.25, 0.3) is 0 Å². The van der Waals surface area contributed by atoms with Crippen LogP contribution in [-0.4, -0.2) is 17.1 Å². The standard InChI is InChI=1S/C15H19ClN2O2/c1-4-20-15(19)13(17)11-8-18(9(2)3)14-10(11)6-5-7-12(14)16/h5-9,13H,4,17H2,1-3H3. The number of nitrogens with zero attached hydrogens (tertiary/aromatic N) is 1. The average molecular weight is 295 g/mol. The van der Waals surface area contributed by atoms with Crippen molar-refractivity contribution in [1.29, 1.82) is 0 Å². The Morgan fingerprint density at radius 1 is 1.45 bits per heavy atom. The van der Waals surface area contributed by atoms with E-state index in [4.69, 9.17) is 22.1 Å². The van der Waals surface area contributed by atoms with Crippen LogP contribution in [0.3, 0.4) is 0 Å². The molecule has 5 heteroatoms. The molecule has 2 aromatic rings. The number of fused-ring (bicyclic) bond motifs is 1. The van der Waals surface area contributed by atoms with E-state index in [1.807, 2.05) is 29.0 Å². The van der Waals surface area contributed by atoms with Crippen molar-refractivity contribution < 1.29 is 9.53 Å². The number of nitrogens with two attached hydrogens (primary N) is 1. The summed E-state index contributed by atoms with van der Waals surface area (Å²) in [5.74, 6) is -0.421. The first-order chi connectivity index (χ1) is 9.47. The number of hydrogen-bond acceptors (Lipinski definition) is 3. The molecule has 0 bridgehead atoms. The van der Waals surface area contributed by atoms with Crippen LogP contribution in [0.4, 0.5) is 0 Å². The fraction of sp³-hybridized carbons (Fsp3) is 0.400. The quantitative estimate of drug-likeness (QED) is 0.879. The third-order valence-electron chi connectivity index (χ3n) is 3.27. The Labute approximate surface area is 123 Å². The Hall–Kier alpha value is -1.52. The lowest BCUT2D eigenvalue weighted by atomic mass is 10.1. The maximum absolute atomic E-state index is 11.9. The Morgan fingerprint density at radius 2 is 2.15 bits per heavy atom. The fourth-order valence-corrected chi connectivity index (χ4v) is 2.58. The van der Waals surface area contributed by atoms with Gasteiger partial charge in [0.1, 0.15) is 6.04 Å². The highest BCUT2D eigenvalue weighted by Crippen LogP contribution is 2.33. The molecule has 1 heterocycles. The minimum atomic E-state index is -0.795. The van der Waals surface area contributed by atoms with Crippen LogP contribution < -0.4 is 5.73 Å². The zero-order valence-corrected chi connectivity index (χ0v) is 12.6. The van der Waals surface area contributed by atoms with Crippen molar-refractivity contribution in [2.24, 2.45) is 5.73 Å². The van der Waals surface area contributed by atoms with Crippen LogP contribution in [0, 0.1) is 0 Å². The molecular weight excluding hydrogens is 276 g/mol. The van der Waals surface area contributed by atoms with Crippen molar-refractivity contribution in [3.8, 4) is 0 Å². The van der Waals surface area contributed by atoms with Gasteiger partial charge in [-0.05, 0) is 26.8 Å². The van der Waals surface area contributed by atoms with Crippen LogP contribution in [0.2, 0.25) is 5.02 Å². The molecule has 1 aromatic heterocycles. The highest BCUT2D eigenvalue weighted by molar-refractivity contribution is 6.35. The summed E-state index contributed by atoms with van der Waals surface area (Å²) in [6.07, 6.45) is 1.89. The van der Waals surface area contributed by atoms with E-state index in [1.54, 1.807) is 6.92 Å². The Kier molecular flexibility index (Phi) is 4.35. The molecule has 2 N–H and O–H groups in total. The first kappa shape index (κ1) is 14.9. The van der Waals surface area contributed by atoms with Gasteiger partial charge in [0, 0.05) is 23.2 Å². The molecule has 4 nitrogen and oxygen atoms in total. The highest BCUT2D eigenvalue weighted by Gasteiger charge is 2.23. The number of esters is 1. The van der Waals surface area contributed by atoms with Crippen molar-refractivity contribution in [3.63, 3.8) is 0 Å². The van der Waals surface area contributed by atoms with Gasteiger partial charge in [-0.3, -0.25) is 0 Å². The number of carbonyl (C=O) groups excluding carboxylic acids is 1. The van der Waals surface area contributed by atoms with E-state index in [2.05, 4.69) is 13.8 Å². The number of hydrogen-bond donors (Lipinski definition) is 1. The topological polar surface area (TPSA) is 57.2 Å². The van der Waals surface area contributed by atoms with E-state index in [1.165, 1.54) is 0 Å². The lowest BCUT2D eigenvalue weighted by Gasteiger charge is -2.10. The molecule has 1 aromatic carbocycles. The number of carbonyl (C=O) groups is 1. The predicted octanol–water partition coefficient (Wildman–Crippen LogP) is 3.44. The van der Waals surface area contributed by atoms with E-state index in [0.717, 1.165) is 16.5 Å². The van der Waals surface area contributed by atoms with Gasteiger partial charge < -0.3 is 15.0 Å². The Morgan fingerprint density at radius 3 is 2.75 bits per heavy atom. The monoisotopic (exact) mass is 294 g/mol. The average Bonchev–Trinajstić information content (AvgIpc) is 2.79. The van der Waals surface area contributed by atoms with Crippen LogP contribution in [0.25, 0.3) is 10.9 Å². The summed E-state index contributed by atoms with van der Waals surface area (Å²) in [6, 6.07) is 5.05. The second kappa shape index (κ2) is 5.85. The number of para-hydroxylation sites is 1. The van der Waals surface area contributed by atoms with Gasteiger partial charge in [-0.2, -0.15) is 0 Å². The van der Waals surface area contributed by atoms with E-state index < -0.39 is 12.0 Å². The van der Waals surface area contributed by atoms with Crippen LogP contribution >= 0.6 is 11.6 Å². The molecule has 1 unspecified atom stereocenters. The first-order valence-corrected chi connectivity index (χ1v) is 7.06.